The van der Waals surface area contributed by atoms with Crippen LogP contribution in [-0.4, -0.2) is 12.0 Å². The molecule has 0 aromatic carbocycles. The lowest BCUT2D eigenvalue weighted by Crippen LogP contribution is -2.22. The Bertz CT molecular complexity index is 516. The largest absolute Gasteiger partial charge is 0.449 e. The van der Waals surface area contributed by atoms with Gasteiger partial charge in [-0.25, -0.2) is 0 Å². The van der Waals surface area contributed by atoms with Crippen LogP contribution < -0.4 is 0 Å². The van der Waals surface area contributed by atoms with Crippen molar-refractivity contribution in [2.24, 2.45) is 0 Å². The van der Waals surface area contributed by atoms with E-state index in [0.717, 1.165) is 32.1 Å². The highest BCUT2D eigenvalue weighted by Gasteiger charge is 2.36. The molecule has 0 rings (SSSR count). The molecule has 0 saturated carbocycles. The number of carbonyl (C=O) groups is 1. The van der Waals surface area contributed by atoms with Crippen molar-refractivity contribution in [3.63, 3.8) is 0 Å². The van der Waals surface area contributed by atoms with Crippen LogP contribution >= 0.6 is 0 Å². The lowest BCUT2D eigenvalue weighted by Gasteiger charge is -2.02. The number of unbranched alkanes of at least 4 members (excludes halogenated alkanes) is 6. The third-order valence-corrected chi connectivity index (χ3v) is 3.83. The molecule has 0 aromatic rings. The molecule has 152 valence electrons. The molecule has 4 heteroatoms. The number of carbonyl (C=O) groups excluding carboxylic acids is 1. The summed E-state index contributed by atoms with van der Waals surface area (Å²) in [5.41, 5.74) is 0. The van der Waals surface area contributed by atoms with Crippen molar-refractivity contribution in [1.82, 2.24) is 0 Å². The van der Waals surface area contributed by atoms with E-state index >= 15 is 0 Å². The molecule has 0 N–H and O–H groups in total. The van der Waals surface area contributed by atoms with Gasteiger partial charge < -0.3 is 0 Å². The molecular weight excluding hydrogens is 349 g/mol. The molecule has 0 radical (unpaired) electrons. The van der Waals surface area contributed by atoms with Gasteiger partial charge in [0.25, 0.3) is 0 Å². The summed E-state index contributed by atoms with van der Waals surface area (Å²) < 4.78 is 36.0. The van der Waals surface area contributed by atoms with E-state index in [1.807, 2.05) is 18.2 Å². The Balaban J connectivity index is 3.51. The molecule has 0 aromatic heterocycles. The fourth-order valence-corrected chi connectivity index (χ4v) is 2.26. The Kier molecular flexibility index (Phi) is 16.5. The second-order valence-corrected chi connectivity index (χ2v) is 6.39. The van der Waals surface area contributed by atoms with Crippen molar-refractivity contribution in [3.05, 3.63) is 36.5 Å². The van der Waals surface area contributed by atoms with E-state index in [2.05, 4.69) is 37.0 Å². The second-order valence-electron chi connectivity index (χ2n) is 6.39. The Morgan fingerprint density at radius 2 is 1.30 bits per heavy atom. The highest BCUT2D eigenvalue weighted by Crippen LogP contribution is 2.19. The number of hydrogen-bond acceptors (Lipinski definition) is 1. The molecule has 0 heterocycles. The minimum atomic E-state index is -4.69. The molecule has 27 heavy (non-hydrogen) atoms. The van der Waals surface area contributed by atoms with Crippen LogP contribution in [-0.2, 0) is 4.79 Å². The van der Waals surface area contributed by atoms with Gasteiger partial charge in [-0.05, 0) is 44.9 Å². The van der Waals surface area contributed by atoms with Crippen molar-refractivity contribution in [1.29, 1.82) is 0 Å². The topological polar surface area (TPSA) is 17.1 Å². The van der Waals surface area contributed by atoms with Crippen LogP contribution in [0, 0.1) is 11.8 Å². The van der Waals surface area contributed by atoms with Crippen LogP contribution in [0.25, 0.3) is 0 Å². The van der Waals surface area contributed by atoms with Crippen molar-refractivity contribution in [2.45, 2.75) is 90.1 Å². The minimum absolute atomic E-state index is 0.238. The molecule has 0 unspecified atom stereocenters. The van der Waals surface area contributed by atoms with Crippen LogP contribution in [0.15, 0.2) is 36.5 Å². The monoisotopic (exact) mass is 382 g/mol. The van der Waals surface area contributed by atoms with Crippen LogP contribution in [0.3, 0.4) is 0 Å². The normalized spacial score (nSPS) is 12.1. The Morgan fingerprint density at radius 3 is 1.89 bits per heavy atom. The average Bonchev–Trinajstić information content (AvgIpc) is 2.62. The first-order valence-electron chi connectivity index (χ1n) is 9.99. The van der Waals surface area contributed by atoms with Gasteiger partial charge in [0, 0.05) is 19.3 Å². The van der Waals surface area contributed by atoms with E-state index in [9.17, 15) is 18.0 Å². The standard InChI is InChI=1S/C23H33F3O/c1-2-3-4-5-6-7-8-9-10-11-12-13-14-15-16-17-18-19-20-21-22(27)23(24,25)26/h6-7,14-15,17-18H,2-5,8-9,12-13,16,19-21H2,1H3/b7-6-,15-14-,18-17-. The fraction of sp³-hybridized carbons (Fsp3) is 0.609. The Morgan fingerprint density at radius 1 is 0.778 bits per heavy atom. The Labute approximate surface area is 162 Å². The predicted molar refractivity (Wildman–Crippen MR) is 107 cm³/mol. The number of hydrogen-bond donors (Lipinski definition) is 0. The SMILES string of the molecule is CCCCC/C=C\CCC#CCC/C=C\C/C=C\CCCC(=O)C(F)(F)F. The molecule has 0 atom stereocenters. The number of halogens is 3. The zero-order valence-corrected chi connectivity index (χ0v) is 16.5. The maximum atomic E-state index is 12.0. The molecule has 0 aliphatic carbocycles. The maximum absolute atomic E-state index is 12.0. The lowest BCUT2D eigenvalue weighted by atomic mass is 10.1. The highest BCUT2D eigenvalue weighted by atomic mass is 19.4. The lowest BCUT2D eigenvalue weighted by molar-refractivity contribution is -0.171. The molecule has 0 fully saturated rings. The first-order chi connectivity index (χ1) is 13.0. The number of ketones is 1. The second kappa shape index (κ2) is 17.6. The summed E-state index contributed by atoms with van der Waals surface area (Å²) in [5, 5.41) is 0. The van der Waals surface area contributed by atoms with Gasteiger partial charge in [-0.15, -0.1) is 11.8 Å². The smallest absolute Gasteiger partial charge is 0.290 e. The van der Waals surface area contributed by atoms with Crippen molar-refractivity contribution < 1.29 is 18.0 Å². The molecule has 0 aliphatic heterocycles. The number of allylic oxidation sites excluding steroid dienone is 6. The summed E-state index contributed by atoms with van der Waals surface area (Å²) in [7, 11) is 0. The van der Waals surface area contributed by atoms with Crippen LogP contribution in [0.5, 0.6) is 0 Å². The van der Waals surface area contributed by atoms with E-state index in [1.54, 1.807) is 0 Å². The predicted octanol–water partition coefficient (Wildman–Crippen LogP) is 7.49. The van der Waals surface area contributed by atoms with Crippen LogP contribution in [0.4, 0.5) is 13.2 Å². The molecule has 0 amide bonds. The van der Waals surface area contributed by atoms with Gasteiger partial charge in [0.2, 0.25) is 5.78 Å². The summed E-state index contributed by atoms with van der Waals surface area (Å²) in [4.78, 5) is 10.7. The van der Waals surface area contributed by atoms with Crippen molar-refractivity contribution >= 4 is 5.78 Å². The van der Waals surface area contributed by atoms with Gasteiger partial charge in [-0.1, -0.05) is 56.2 Å². The van der Waals surface area contributed by atoms with Gasteiger partial charge in [0.1, 0.15) is 0 Å². The van der Waals surface area contributed by atoms with E-state index in [-0.39, 0.29) is 6.42 Å². The Hall–Kier alpha value is -1.76. The first-order valence-corrected chi connectivity index (χ1v) is 9.99. The van der Waals surface area contributed by atoms with E-state index in [4.69, 9.17) is 0 Å². The zero-order chi connectivity index (χ0) is 20.2. The summed E-state index contributed by atoms with van der Waals surface area (Å²) in [6.07, 6.45) is 17.4. The molecule has 0 spiro atoms. The zero-order valence-electron chi connectivity index (χ0n) is 16.5. The highest BCUT2D eigenvalue weighted by molar-refractivity contribution is 5.83. The first kappa shape index (κ1) is 25.2. The molecule has 0 saturated heterocycles. The van der Waals surface area contributed by atoms with E-state index in [1.165, 1.54) is 25.7 Å². The van der Waals surface area contributed by atoms with Crippen molar-refractivity contribution in [3.8, 4) is 11.8 Å². The van der Waals surface area contributed by atoms with Gasteiger partial charge in [-0.2, -0.15) is 13.2 Å². The van der Waals surface area contributed by atoms with Crippen LogP contribution in [0.2, 0.25) is 0 Å². The summed E-state index contributed by atoms with van der Waals surface area (Å²) in [5.74, 6) is 4.70. The molecular formula is C23H33F3O. The van der Waals surface area contributed by atoms with Crippen molar-refractivity contribution in [2.75, 3.05) is 0 Å². The van der Waals surface area contributed by atoms with E-state index < -0.39 is 18.4 Å². The number of Topliss-reactive ketones (excluding diaryl/α,β-unsaturated/α-hetero) is 1. The average molecular weight is 383 g/mol. The van der Waals surface area contributed by atoms with Gasteiger partial charge in [0.15, 0.2) is 0 Å². The molecule has 0 bridgehead atoms. The summed E-state index contributed by atoms with van der Waals surface area (Å²) >= 11 is 0. The van der Waals surface area contributed by atoms with Gasteiger partial charge >= 0.3 is 6.18 Å². The quantitative estimate of drug-likeness (QED) is 0.173. The number of alkyl halides is 3. The van der Waals surface area contributed by atoms with Gasteiger partial charge in [0.05, 0.1) is 0 Å². The van der Waals surface area contributed by atoms with E-state index in [0.29, 0.717) is 6.42 Å². The minimum Gasteiger partial charge on any atom is -0.290 e. The molecule has 0 aliphatic rings. The fourth-order valence-electron chi connectivity index (χ4n) is 2.26. The number of rotatable bonds is 14. The van der Waals surface area contributed by atoms with Crippen LogP contribution in [0.1, 0.15) is 84.0 Å². The third-order valence-electron chi connectivity index (χ3n) is 3.83. The molecule has 1 nitrogen and oxygen atoms in total. The van der Waals surface area contributed by atoms with Gasteiger partial charge in [-0.3, -0.25) is 4.79 Å². The maximum Gasteiger partial charge on any atom is 0.449 e. The summed E-state index contributed by atoms with van der Waals surface area (Å²) in [6.45, 7) is 2.21. The summed E-state index contributed by atoms with van der Waals surface area (Å²) in [6, 6.07) is 0. The third kappa shape index (κ3) is 18.8.